The molecule has 21 heavy (non-hydrogen) atoms. The molecule has 0 aromatic heterocycles. The SMILES string of the molecule is COc1cccc(OC)c1C(=O)OOCCC(C)(C)OC. The van der Waals surface area contributed by atoms with E-state index >= 15 is 0 Å². The molecular weight excluding hydrogens is 276 g/mol. The Kier molecular flexibility index (Phi) is 6.45. The Hall–Kier alpha value is -1.79. The van der Waals surface area contributed by atoms with E-state index in [-0.39, 0.29) is 17.8 Å². The lowest BCUT2D eigenvalue weighted by Crippen LogP contribution is -2.24. The van der Waals surface area contributed by atoms with Gasteiger partial charge in [0.2, 0.25) is 0 Å². The number of benzene rings is 1. The van der Waals surface area contributed by atoms with Crippen molar-refractivity contribution in [1.82, 2.24) is 0 Å². The number of carbonyl (C=O) groups is 1. The lowest BCUT2D eigenvalue weighted by molar-refractivity contribution is -0.247. The summed E-state index contributed by atoms with van der Waals surface area (Å²) in [7, 11) is 4.55. The van der Waals surface area contributed by atoms with Crippen molar-refractivity contribution < 1.29 is 28.8 Å². The second-order valence-corrected chi connectivity index (χ2v) is 4.94. The molecule has 0 amide bonds. The van der Waals surface area contributed by atoms with Gasteiger partial charge in [-0.3, -0.25) is 4.89 Å². The van der Waals surface area contributed by atoms with Crippen LogP contribution in [0.5, 0.6) is 11.5 Å². The van der Waals surface area contributed by atoms with E-state index in [9.17, 15) is 4.79 Å². The van der Waals surface area contributed by atoms with Gasteiger partial charge in [-0.15, -0.1) is 0 Å². The van der Waals surface area contributed by atoms with Crippen molar-refractivity contribution in [2.75, 3.05) is 27.9 Å². The van der Waals surface area contributed by atoms with E-state index in [0.29, 0.717) is 17.9 Å². The van der Waals surface area contributed by atoms with Crippen LogP contribution in [0.2, 0.25) is 0 Å². The van der Waals surface area contributed by atoms with Crippen molar-refractivity contribution in [3.8, 4) is 11.5 Å². The van der Waals surface area contributed by atoms with Gasteiger partial charge in [0.05, 0.1) is 26.4 Å². The minimum Gasteiger partial charge on any atom is -0.496 e. The molecule has 6 nitrogen and oxygen atoms in total. The predicted octanol–water partition coefficient (Wildman–Crippen LogP) is 2.61. The molecule has 0 aliphatic heterocycles. The lowest BCUT2D eigenvalue weighted by atomic mass is 10.1. The van der Waals surface area contributed by atoms with Gasteiger partial charge in [-0.2, -0.15) is 4.89 Å². The van der Waals surface area contributed by atoms with Gasteiger partial charge >= 0.3 is 5.97 Å². The van der Waals surface area contributed by atoms with Crippen molar-refractivity contribution in [2.45, 2.75) is 25.9 Å². The fourth-order valence-electron chi connectivity index (χ4n) is 1.58. The summed E-state index contributed by atoms with van der Waals surface area (Å²) in [5.41, 5.74) is -0.150. The van der Waals surface area contributed by atoms with Crippen LogP contribution < -0.4 is 9.47 Å². The molecule has 118 valence electrons. The summed E-state index contributed by atoms with van der Waals surface area (Å²) in [6.45, 7) is 4.06. The van der Waals surface area contributed by atoms with Gasteiger partial charge in [-0.05, 0) is 26.0 Å². The number of carbonyl (C=O) groups excluding carboxylic acids is 1. The first-order valence-corrected chi connectivity index (χ1v) is 6.55. The molecule has 0 atom stereocenters. The fraction of sp³-hybridized carbons (Fsp3) is 0.533. The highest BCUT2D eigenvalue weighted by atomic mass is 17.2. The summed E-state index contributed by atoms with van der Waals surface area (Å²) in [6.07, 6.45) is 0.583. The van der Waals surface area contributed by atoms with Crippen LogP contribution in [0.4, 0.5) is 0 Å². The highest BCUT2D eigenvalue weighted by Gasteiger charge is 2.21. The molecule has 0 heterocycles. The molecule has 6 heteroatoms. The highest BCUT2D eigenvalue weighted by molar-refractivity contribution is 5.95. The minimum atomic E-state index is -0.667. The molecule has 0 fully saturated rings. The molecule has 1 aromatic rings. The van der Waals surface area contributed by atoms with E-state index in [2.05, 4.69) is 0 Å². The molecule has 1 aromatic carbocycles. The maximum absolute atomic E-state index is 12.1. The molecule has 0 aliphatic carbocycles. The number of rotatable bonds is 8. The van der Waals surface area contributed by atoms with E-state index < -0.39 is 5.97 Å². The summed E-state index contributed by atoms with van der Waals surface area (Å²) >= 11 is 0. The average molecular weight is 298 g/mol. The number of ether oxygens (including phenoxy) is 3. The number of hydrogen-bond donors (Lipinski definition) is 0. The Morgan fingerprint density at radius 3 is 2.14 bits per heavy atom. The monoisotopic (exact) mass is 298 g/mol. The van der Waals surface area contributed by atoms with Gasteiger partial charge in [0.25, 0.3) is 0 Å². The van der Waals surface area contributed by atoms with Crippen molar-refractivity contribution >= 4 is 5.97 Å². The van der Waals surface area contributed by atoms with Crippen molar-refractivity contribution in [3.63, 3.8) is 0 Å². The molecule has 0 radical (unpaired) electrons. The molecule has 0 saturated carbocycles. The first-order valence-electron chi connectivity index (χ1n) is 6.55. The molecule has 0 spiro atoms. The van der Waals surface area contributed by atoms with Crippen molar-refractivity contribution in [3.05, 3.63) is 23.8 Å². The molecule has 0 saturated heterocycles. The van der Waals surface area contributed by atoms with E-state index in [1.54, 1.807) is 25.3 Å². The lowest BCUT2D eigenvalue weighted by Gasteiger charge is -2.21. The molecule has 1 rings (SSSR count). The van der Waals surface area contributed by atoms with E-state index in [0.717, 1.165) is 0 Å². The van der Waals surface area contributed by atoms with Crippen LogP contribution in [0.25, 0.3) is 0 Å². The van der Waals surface area contributed by atoms with Crippen LogP contribution in [-0.4, -0.2) is 39.5 Å². The van der Waals surface area contributed by atoms with E-state index in [1.165, 1.54) is 14.2 Å². The van der Waals surface area contributed by atoms with Gasteiger partial charge in [0.15, 0.2) is 0 Å². The number of methoxy groups -OCH3 is 3. The Morgan fingerprint density at radius 2 is 1.67 bits per heavy atom. The van der Waals surface area contributed by atoms with Gasteiger partial charge in [-0.25, -0.2) is 4.79 Å². The van der Waals surface area contributed by atoms with Crippen LogP contribution in [-0.2, 0) is 14.5 Å². The van der Waals surface area contributed by atoms with Crippen LogP contribution >= 0.6 is 0 Å². The summed E-state index contributed by atoms with van der Waals surface area (Å²) in [5.74, 6) is 0.0554. The topological polar surface area (TPSA) is 63.2 Å². The highest BCUT2D eigenvalue weighted by Crippen LogP contribution is 2.29. The molecule has 0 bridgehead atoms. The second-order valence-electron chi connectivity index (χ2n) is 4.94. The third kappa shape index (κ3) is 4.91. The van der Waals surface area contributed by atoms with Crippen molar-refractivity contribution in [1.29, 1.82) is 0 Å². The van der Waals surface area contributed by atoms with Gasteiger partial charge in [-0.1, -0.05) is 6.07 Å². The Labute approximate surface area is 124 Å². The van der Waals surface area contributed by atoms with Crippen LogP contribution in [0.3, 0.4) is 0 Å². The summed E-state index contributed by atoms with van der Waals surface area (Å²) in [6, 6.07) is 5.01. The summed E-state index contributed by atoms with van der Waals surface area (Å²) < 4.78 is 15.5. The van der Waals surface area contributed by atoms with E-state index in [1.807, 2.05) is 13.8 Å². The zero-order chi connectivity index (χ0) is 15.9. The largest absolute Gasteiger partial charge is 0.496 e. The zero-order valence-corrected chi connectivity index (χ0v) is 13.1. The maximum Gasteiger partial charge on any atom is 0.380 e. The maximum atomic E-state index is 12.1. The normalized spacial score (nSPS) is 11.1. The van der Waals surface area contributed by atoms with Crippen molar-refractivity contribution in [2.24, 2.45) is 0 Å². The molecule has 0 unspecified atom stereocenters. The first-order chi connectivity index (χ1) is 9.95. The summed E-state index contributed by atoms with van der Waals surface area (Å²) in [5, 5.41) is 0. The first kappa shape index (κ1) is 17.3. The fourth-order valence-corrected chi connectivity index (χ4v) is 1.58. The standard InChI is InChI=1S/C15H22O6/c1-15(2,19-5)9-10-20-21-14(16)13-11(17-3)7-6-8-12(13)18-4/h6-8H,9-10H2,1-5H3. The Morgan fingerprint density at radius 1 is 1.10 bits per heavy atom. The number of hydrogen-bond acceptors (Lipinski definition) is 6. The minimum absolute atomic E-state index is 0.188. The van der Waals surface area contributed by atoms with E-state index in [4.69, 9.17) is 24.0 Å². The average Bonchev–Trinajstić information content (AvgIpc) is 2.50. The van der Waals surface area contributed by atoms with Crippen LogP contribution in [0.15, 0.2) is 18.2 Å². The Bertz CT molecular complexity index is 447. The Balaban J connectivity index is 2.64. The van der Waals surface area contributed by atoms with Crippen LogP contribution in [0.1, 0.15) is 30.6 Å². The quantitative estimate of drug-likeness (QED) is 0.417. The molecular formula is C15H22O6. The smallest absolute Gasteiger partial charge is 0.380 e. The predicted molar refractivity (Wildman–Crippen MR) is 76.6 cm³/mol. The zero-order valence-electron chi connectivity index (χ0n) is 13.1. The third-order valence-electron chi connectivity index (χ3n) is 3.11. The summed E-state index contributed by atoms with van der Waals surface area (Å²) in [4.78, 5) is 21.8. The molecule has 0 N–H and O–H groups in total. The molecule has 0 aliphatic rings. The van der Waals surface area contributed by atoms with Gasteiger partial charge < -0.3 is 14.2 Å². The van der Waals surface area contributed by atoms with Gasteiger partial charge in [0, 0.05) is 13.5 Å². The second kappa shape index (κ2) is 7.85. The third-order valence-corrected chi connectivity index (χ3v) is 3.11. The van der Waals surface area contributed by atoms with Crippen LogP contribution in [0, 0.1) is 0 Å². The van der Waals surface area contributed by atoms with Gasteiger partial charge in [0.1, 0.15) is 17.1 Å².